The second-order valence-corrected chi connectivity index (χ2v) is 11.5. The van der Waals surface area contributed by atoms with E-state index in [1.807, 2.05) is 0 Å². The number of carbonyl (C=O) groups excluding carboxylic acids is 1. The molecule has 0 atom stereocenters. The van der Waals surface area contributed by atoms with Crippen LogP contribution in [-0.2, 0) is 18.5 Å². The van der Waals surface area contributed by atoms with Crippen LogP contribution in [0.15, 0.2) is 41.3 Å². The van der Waals surface area contributed by atoms with Crippen molar-refractivity contribution in [2.75, 3.05) is 12.5 Å². The molecule has 32 heavy (non-hydrogen) atoms. The van der Waals surface area contributed by atoms with Gasteiger partial charge in [-0.05, 0) is 43.7 Å². The quantitative estimate of drug-likeness (QED) is 0.201. The van der Waals surface area contributed by atoms with E-state index in [0.717, 1.165) is 36.8 Å². The largest absolute Gasteiger partial charge is 0.460 e. The molecule has 0 fully saturated rings. The highest BCUT2D eigenvalue weighted by Gasteiger charge is 2.86. The van der Waals surface area contributed by atoms with Crippen molar-refractivity contribution in [3.05, 3.63) is 36.4 Å². The Bertz CT molecular complexity index is 984. The first-order valence-corrected chi connectivity index (χ1v) is 11.7. The lowest BCUT2D eigenvalue weighted by molar-refractivity contribution is -0.382. The van der Waals surface area contributed by atoms with Gasteiger partial charge in [0, 0.05) is 10.5 Å². The first kappa shape index (κ1) is 28.1. The normalized spacial score (nSPS) is 14.8. The minimum atomic E-state index is -7.40. The highest BCUT2D eigenvalue weighted by atomic mass is 32.3. The first-order chi connectivity index (χ1) is 14.0. The van der Waals surface area contributed by atoms with Gasteiger partial charge in [-0.1, -0.05) is 16.9 Å². The summed E-state index contributed by atoms with van der Waals surface area (Å²) >= 11 is 0. The van der Waals surface area contributed by atoms with Crippen molar-refractivity contribution >= 4 is 26.4 Å². The average Bonchev–Trinajstić information content (AvgIpc) is 2.59. The molecule has 0 aliphatic rings. The molecule has 0 amide bonds. The Labute approximate surface area is 177 Å². The van der Waals surface area contributed by atoms with Gasteiger partial charge in [0.1, 0.15) is 5.75 Å². The molecule has 1 aromatic carbocycles. The summed E-state index contributed by atoms with van der Waals surface area (Å²) in [6, 6.07) is 4.02. The third kappa shape index (κ3) is 5.01. The molecule has 0 unspecified atom stereocenters. The van der Waals surface area contributed by atoms with Crippen LogP contribution in [0.4, 0.5) is 39.5 Å². The highest BCUT2D eigenvalue weighted by molar-refractivity contribution is 8.32. The van der Waals surface area contributed by atoms with E-state index in [-0.39, 0.29) is 16.2 Å². The molecule has 0 aliphatic carbocycles. The minimum Gasteiger partial charge on any atom is -0.423 e. The van der Waals surface area contributed by atoms with Crippen LogP contribution in [0.1, 0.15) is 6.92 Å². The lowest BCUT2D eigenvalue weighted by Gasteiger charge is -2.36. The molecule has 1 rings (SSSR count). The van der Waals surface area contributed by atoms with E-state index >= 15 is 0 Å². The average molecular weight is 522 g/mol. The van der Waals surface area contributed by atoms with E-state index in [2.05, 4.69) is 10.2 Å². The van der Waals surface area contributed by atoms with Crippen molar-refractivity contribution in [3.8, 4) is 5.75 Å². The minimum absolute atomic E-state index is 0.00766. The van der Waals surface area contributed by atoms with Crippen molar-refractivity contribution in [2.45, 2.75) is 35.1 Å². The summed E-state index contributed by atoms with van der Waals surface area (Å²) in [6.07, 6.45) is -5.56. The number of benzene rings is 1. The summed E-state index contributed by atoms with van der Waals surface area (Å²) in [5, 5.41) is -6.96. The van der Waals surface area contributed by atoms with Crippen molar-refractivity contribution in [1.29, 1.82) is 0 Å². The van der Waals surface area contributed by atoms with Crippen molar-refractivity contribution < 1.29 is 61.1 Å². The van der Waals surface area contributed by atoms with E-state index in [9.17, 15) is 52.7 Å². The molecule has 0 bridgehead atoms. The van der Waals surface area contributed by atoms with Crippen LogP contribution in [0, 0.1) is 0 Å². The molecular weight excluding hydrogens is 507 g/mol. The van der Waals surface area contributed by atoms with Crippen LogP contribution in [0.5, 0.6) is 5.75 Å². The van der Waals surface area contributed by atoms with Crippen LogP contribution < -0.4 is 4.74 Å². The van der Waals surface area contributed by atoms with Crippen LogP contribution in [-0.4, -0.2) is 50.2 Å². The SMILES string of the molecule is C=C(C)C(=O)Oc1ccc(S(C)(C)OS(=O)(=O)C(F)(F)C(F)(F)C(F)(F)C(F)(F)F)cc1. The first-order valence-electron chi connectivity index (χ1n) is 7.88. The Morgan fingerprint density at radius 3 is 1.69 bits per heavy atom. The third-order valence-electron chi connectivity index (χ3n) is 3.64. The number of hydrogen-bond donors (Lipinski definition) is 0. The second-order valence-electron chi connectivity index (χ2n) is 6.56. The number of alkyl halides is 9. The van der Waals surface area contributed by atoms with E-state index in [0.29, 0.717) is 0 Å². The van der Waals surface area contributed by atoms with Crippen LogP contribution >= 0.6 is 10.3 Å². The Hall–Kier alpha value is -1.94. The molecule has 0 N–H and O–H groups in total. The smallest absolute Gasteiger partial charge is 0.423 e. The lowest BCUT2D eigenvalue weighted by Crippen LogP contribution is -2.63. The standard InChI is InChI=1S/C16H15F9O5S2/c1-9(2)12(26)29-10-5-7-11(8-6-10)31(3,4)30-32(27,28)16(24,25)14(19,20)13(17,18)15(21,22)23/h5-8H,1H2,2-4H3. The van der Waals surface area contributed by atoms with E-state index in [1.165, 1.54) is 6.92 Å². The molecule has 0 spiro atoms. The predicted octanol–water partition coefficient (Wildman–Crippen LogP) is 5.28. The fourth-order valence-electron chi connectivity index (χ4n) is 1.85. The fraction of sp³-hybridized carbons (Fsp3) is 0.438. The molecule has 1 aromatic rings. The maximum atomic E-state index is 13.8. The van der Waals surface area contributed by atoms with Gasteiger partial charge in [-0.2, -0.15) is 47.9 Å². The van der Waals surface area contributed by atoms with Gasteiger partial charge in [0.25, 0.3) is 0 Å². The Morgan fingerprint density at radius 2 is 1.31 bits per heavy atom. The van der Waals surface area contributed by atoms with E-state index in [4.69, 9.17) is 4.74 Å². The summed E-state index contributed by atoms with van der Waals surface area (Å²) in [7, 11) is -10.5. The molecule has 16 heteroatoms. The summed E-state index contributed by atoms with van der Waals surface area (Å²) in [5.74, 6) is -15.8. The topological polar surface area (TPSA) is 69.7 Å². The Kier molecular flexibility index (Phi) is 7.41. The van der Waals surface area contributed by atoms with Gasteiger partial charge in [-0.25, -0.2) is 8.42 Å². The zero-order chi connectivity index (χ0) is 25.6. The van der Waals surface area contributed by atoms with Crippen LogP contribution in [0.3, 0.4) is 0 Å². The number of halogens is 9. The van der Waals surface area contributed by atoms with Gasteiger partial charge in [-0.15, -0.1) is 0 Å². The maximum Gasteiger partial charge on any atom is 0.460 e. The summed E-state index contributed by atoms with van der Waals surface area (Å²) in [6.45, 7) is 4.63. The van der Waals surface area contributed by atoms with Crippen molar-refractivity contribution in [3.63, 3.8) is 0 Å². The van der Waals surface area contributed by atoms with Gasteiger partial charge < -0.3 is 4.74 Å². The summed E-state index contributed by atoms with van der Waals surface area (Å²) in [5.41, 5.74) is 0.00766. The molecule has 0 radical (unpaired) electrons. The van der Waals surface area contributed by atoms with E-state index < -0.39 is 49.7 Å². The zero-order valence-corrected chi connectivity index (χ0v) is 17.9. The predicted molar refractivity (Wildman–Crippen MR) is 95.5 cm³/mol. The lowest BCUT2D eigenvalue weighted by atomic mass is 10.1. The molecule has 0 heterocycles. The molecular formula is C16H15F9O5S2. The number of esters is 1. The van der Waals surface area contributed by atoms with Crippen molar-refractivity contribution in [1.82, 2.24) is 0 Å². The molecule has 0 saturated carbocycles. The molecule has 0 aliphatic heterocycles. The molecule has 5 nitrogen and oxygen atoms in total. The van der Waals surface area contributed by atoms with Crippen LogP contribution in [0.25, 0.3) is 0 Å². The molecule has 0 saturated heterocycles. The van der Waals surface area contributed by atoms with Crippen molar-refractivity contribution in [2.24, 2.45) is 0 Å². The molecule has 184 valence electrons. The second kappa shape index (κ2) is 8.44. The van der Waals surface area contributed by atoms with E-state index in [1.54, 1.807) is 0 Å². The zero-order valence-electron chi connectivity index (χ0n) is 16.3. The Morgan fingerprint density at radius 1 is 0.875 bits per heavy atom. The highest BCUT2D eigenvalue weighted by Crippen LogP contribution is 2.59. The Balaban J connectivity index is 3.28. The third-order valence-corrected chi connectivity index (χ3v) is 8.01. The van der Waals surface area contributed by atoms with Gasteiger partial charge in [-0.3, -0.25) is 0 Å². The molecule has 0 aromatic heterocycles. The number of rotatable bonds is 8. The summed E-state index contributed by atoms with van der Waals surface area (Å²) < 4.78 is 149. The van der Waals surface area contributed by atoms with Gasteiger partial charge >= 0.3 is 39.4 Å². The summed E-state index contributed by atoms with van der Waals surface area (Å²) in [4.78, 5) is 11.2. The van der Waals surface area contributed by atoms with Crippen LogP contribution in [0.2, 0.25) is 0 Å². The van der Waals surface area contributed by atoms with Gasteiger partial charge in [0.05, 0.1) is 0 Å². The fourth-order valence-corrected chi connectivity index (χ4v) is 5.53. The van der Waals surface area contributed by atoms with Gasteiger partial charge in [0.15, 0.2) is 0 Å². The number of carbonyl (C=O) groups is 1. The number of hydrogen-bond acceptors (Lipinski definition) is 5. The maximum absolute atomic E-state index is 13.8. The number of ether oxygens (including phenoxy) is 1. The monoisotopic (exact) mass is 522 g/mol. The van der Waals surface area contributed by atoms with Gasteiger partial charge in [0.2, 0.25) is 0 Å².